The summed E-state index contributed by atoms with van der Waals surface area (Å²) in [7, 11) is 0. The monoisotopic (exact) mass is 458 g/mol. The molecule has 4 atom stereocenters. The first-order chi connectivity index (χ1) is 15.7. The summed E-state index contributed by atoms with van der Waals surface area (Å²) in [6.07, 6.45) is 9.29. The highest BCUT2D eigenvalue weighted by Crippen LogP contribution is 2.38. The average Bonchev–Trinajstić information content (AvgIpc) is 2.84. The highest BCUT2D eigenvalue weighted by atomic mass is 35.5. The number of benzene rings is 2. The molecule has 4 unspecified atom stereocenters. The number of halogens is 1. The maximum Gasteiger partial charge on any atom is 0.184 e. The van der Waals surface area contributed by atoms with Crippen molar-refractivity contribution in [3.05, 3.63) is 64.7 Å². The summed E-state index contributed by atoms with van der Waals surface area (Å²) in [5.74, 6) is 0.936. The van der Waals surface area contributed by atoms with Gasteiger partial charge in [0.1, 0.15) is 11.9 Å². The Kier molecular flexibility index (Phi) is 8.86. The van der Waals surface area contributed by atoms with Crippen LogP contribution in [0.4, 0.5) is 0 Å². The van der Waals surface area contributed by atoms with Crippen molar-refractivity contribution in [2.24, 2.45) is 0 Å². The lowest BCUT2D eigenvalue weighted by Crippen LogP contribution is -2.45. The second kappa shape index (κ2) is 12.0. The number of unbranched alkanes of at least 4 members (excludes halogenated alkanes) is 5. The minimum absolute atomic E-state index is 0.0408. The molecule has 0 N–H and O–H groups in total. The van der Waals surface area contributed by atoms with Crippen molar-refractivity contribution in [1.29, 1.82) is 0 Å². The van der Waals surface area contributed by atoms with E-state index in [0.717, 1.165) is 37.2 Å². The molecule has 2 aromatic carbocycles. The number of ether oxygens (including phenoxy) is 4. The Bertz CT molecular complexity index is 807. The normalized spacial score (nSPS) is 25.3. The predicted octanol–water partition coefficient (Wildman–Crippen LogP) is 7.41. The first-order valence-corrected chi connectivity index (χ1v) is 12.5. The Morgan fingerprint density at radius 3 is 2.31 bits per heavy atom. The van der Waals surface area contributed by atoms with Gasteiger partial charge in [-0.05, 0) is 49.1 Å². The van der Waals surface area contributed by atoms with Gasteiger partial charge in [-0.25, -0.2) is 0 Å². The van der Waals surface area contributed by atoms with Crippen molar-refractivity contribution >= 4 is 11.6 Å². The Balaban J connectivity index is 1.21. The molecule has 32 heavy (non-hydrogen) atoms. The third-order valence-corrected chi connectivity index (χ3v) is 6.59. The van der Waals surface area contributed by atoms with Crippen LogP contribution in [-0.2, 0) is 14.2 Å². The SMILES string of the molecule is CCCCCCCCOc1ccc(C2CCC3OC(c4ccc(Cl)cc4)OCC3O2)cc1. The van der Waals surface area contributed by atoms with Crippen LogP contribution in [0, 0.1) is 0 Å². The molecule has 0 bridgehead atoms. The van der Waals surface area contributed by atoms with E-state index in [9.17, 15) is 0 Å². The van der Waals surface area contributed by atoms with Crippen molar-refractivity contribution in [3.8, 4) is 5.75 Å². The molecule has 2 fully saturated rings. The summed E-state index contributed by atoms with van der Waals surface area (Å²) in [5.41, 5.74) is 2.18. The molecule has 2 saturated heterocycles. The molecule has 2 aliphatic rings. The summed E-state index contributed by atoms with van der Waals surface area (Å²) in [6.45, 7) is 3.57. The fourth-order valence-corrected chi connectivity index (χ4v) is 4.57. The van der Waals surface area contributed by atoms with Crippen LogP contribution in [0.5, 0.6) is 5.75 Å². The lowest BCUT2D eigenvalue weighted by molar-refractivity contribution is -0.289. The van der Waals surface area contributed by atoms with Gasteiger partial charge in [-0.15, -0.1) is 0 Å². The van der Waals surface area contributed by atoms with Gasteiger partial charge < -0.3 is 18.9 Å². The highest BCUT2D eigenvalue weighted by Gasteiger charge is 2.38. The van der Waals surface area contributed by atoms with Crippen LogP contribution in [0.3, 0.4) is 0 Å². The Labute approximate surface area is 197 Å². The minimum Gasteiger partial charge on any atom is -0.494 e. The molecule has 0 saturated carbocycles. The first-order valence-electron chi connectivity index (χ1n) is 12.1. The van der Waals surface area contributed by atoms with Crippen molar-refractivity contribution < 1.29 is 18.9 Å². The first kappa shape index (κ1) is 23.6. The minimum atomic E-state index is -0.350. The number of hydrogen-bond donors (Lipinski definition) is 0. The van der Waals surface area contributed by atoms with E-state index in [1.165, 1.54) is 37.7 Å². The maximum absolute atomic E-state index is 6.35. The van der Waals surface area contributed by atoms with E-state index in [2.05, 4.69) is 31.2 Å². The number of hydrogen-bond acceptors (Lipinski definition) is 4. The molecule has 0 radical (unpaired) electrons. The topological polar surface area (TPSA) is 36.9 Å². The zero-order valence-electron chi connectivity index (χ0n) is 19.0. The van der Waals surface area contributed by atoms with E-state index in [1.807, 2.05) is 24.3 Å². The lowest BCUT2D eigenvalue weighted by atomic mass is 9.95. The molecule has 0 aliphatic carbocycles. The predicted molar refractivity (Wildman–Crippen MR) is 127 cm³/mol. The molecule has 5 heteroatoms. The molecule has 2 heterocycles. The van der Waals surface area contributed by atoms with Crippen LogP contribution in [-0.4, -0.2) is 25.4 Å². The van der Waals surface area contributed by atoms with Crippen LogP contribution in [0.2, 0.25) is 5.02 Å². The van der Waals surface area contributed by atoms with E-state index in [1.54, 1.807) is 0 Å². The quantitative estimate of drug-likeness (QED) is 0.347. The van der Waals surface area contributed by atoms with E-state index in [-0.39, 0.29) is 24.6 Å². The molecule has 4 nitrogen and oxygen atoms in total. The largest absolute Gasteiger partial charge is 0.494 e. The molecule has 0 aromatic heterocycles. The fourth-order valence-electron chi connectivity index (χ4n) is 4.44. The molecule has 0 amide bonds. The Hall–Kier alpha value is -1.59. The third-order valence-electron chi connectivity index (χ3n) is 6.34. The smallest absolute Gasteiger partial charge is 0.184 e. The fraction of sp³-hybridized carbons (Fsp3) is 0.556. The average molecular weight is 459 g/mol. The lowest BCUT2D eigenvalue weighted by Gasteiger charge is -2.42. The van der Waals surface area contributed by atoms with Gasteiger partial charge in [0.15, 0.2) is 6.29 Å². The summed E-state index contributed by atoms with van der Waals surface area (Å²) < 4.78 is 24.4. The standard InChI is InChI=1S/C27H35ClO4/c1-2-3-4-5-6-7-18-29-23-14-10-20(11-15-23)24-16-17-25-26(31-24)19-30-27(32-25)21-8-12-22(28)13-9-21/h8-15,24-27H,2-7,16-19H2,1H3. The molecule has 0 spiro atoms. The second-order valence-corrected chi connectivity index (χ2v) is 9.25. The highest BCUT2D eigenvalue weighted by molar-refractivity contribution is 6.30. The molecule has 4 rings (SSSR count). The summed E-state index contributed by atoms with van der Waals surface area (Å²) >= 11 is 5.99. The van der Waals surface area contributed by atoms with E-state index in [4.69, 9.17) is 30.5 Å². The Morgan fingerprint density at radius 2 is 1.53 bits per heavy atom. The summed E-state index contributed by atoms with van der Waals surface area (Å²) in [5, 5.41) is 0.713. The molecule has 174 valence electrons. The van der Waals surface area contributed by atoms with Crippen LogP contribution in [0.25, 0.3) is 0 Å². The van der Waals surface area contributed by atoms with Gasteiger partial charge in [0.05, 0.1) is 25.4 Å². The van der Waals surface area contributed by atoms with Gasteiger partial charge in [-0.1, -0.05) is 74.9 Å². The second-order valence-electron chi connectivity index (χ2n) is 8.82. The zero-order valence-corrected chi connectivity index (χ0v) is 19.8. The van der Waals surface area contributed by atoms with Gasteiger partial charge in [0, 0.05) is 10.6 Å². The van der Waals surface area contributed by atoms with E-state index < -0.39 is 0 Å². The van der Waals surface area contributed by atoms with Crippen LogP contribution in [0.1, 0.15) is 81.8 Å². The van der Waals surface area contributed by atoms with Crippen LogP contribution < -0.4 is 4.74 Å². The summed E-state index contributed by atoms with van der Waals surface area (Å²) in [4.78, 5) is 0. The van der Waals surface area contributed by atoms with Crippen molar-refractivity contribution in [3.63, 3.8) is 0 Å². The molecule has 2 aromatic rings. The van der Waals surface area contributed by atoms with Gasteiger partial charge >= 0.3 is 0 Å². The zero-order chi connectivity index (χ0) is 22.2. The maximum atomic E-state index is 6.35. The summed E-state index contributed by atoms with van der Waals surface area (Å²) in [6, 6.07) is 16.0. The van der Waals surface area contributed by atoms with Crippen LogP contribution >= 0.6 is 11.6 Å². The van der Waals surface area contributed by atoms with Crippen LogP contribution in [0.15, 0.2) is 48.5 Å². The van der Waals surface area contributed by atoms with Gasteiger partial charge in [0.2, 0.25) is 0 Å². The number of fused-ring (bicyclic) bond motifs is 1. The Morgan fingerprint density at radius 1 is 0.812 bits per heavy atom. The third kappa shape index (κ3) is 6.48. The number of rotatable bonds is 10. The van der Waals surface area contributed by atoms with E-state index in [0.29, 0.717) is 11.6 Å². The molecule has 2 aliphatic heterocycles. The van der Waals surface area contributed by atoms with Crippen molar-refractivity contribution in [2.45, 2.75) is 82.9 Å². The van der Waals surface area contributed by atoms with Gasteiger partial charge in [0.25, 0.3) is 0 Å². The van der Waals surface area contributed by atoms with Gasteiger partial charge in [-0.2, -0.15) is 0 Å². The molecular formula is C27H35ClO4. The van der Waals surface area contributed by atoms with E-state index >= 15 is 0 Å². The van der Waals surface area contributed by atoms with Crippen molar-refractivity contribution in [1.82, 2.24) is 0 Å². The van der Waals surface area contributed by atoms with Gasteiger partial charge in [-0.3, -0.25) is 0 Å². The molecular weight excluding hydrogens is 424 g/mol. The van der Waals surface area contributed by atoms with Crippen molar-refractivity contribution in [2.75, 3.05) is 13.2 Å².